The number of nitrogens with zero attached hydrogens (tertiary/aromatic N) is 6. The van der Waals surface area contributed by atoms with Gasteiger partial charge in [0, 0.05) is 33.4 Å². The Labute approximate surface area is 403 Å². The zero-order chi connectivity index (χ0) is 47.8. The first kappa shape index (κ1) is 51.9. The van der Waals surface area contributed by atoms with E-state index in [2.05, 4.69) is 51.4 Å². The van der Waals surface area contributed by atoms with Gasteiger partial charge in [0.1, 0.15) is 39.5 Å². The average Bonchev–Trinajstić information content (AvgIpc) is 3.32. The van der Waals surface area contributed by atoms with Gasteiger partial charge in [0.2, 0.25) is 0 Å². The molecule has 0 atom stereocenters. The Bertz CT molecular complexity index is 3290. The summed E-state index contributed by atoms with van der Waals surface area (Å²) in [5.41, 5.74) is 4.54. The molecule has 0 bridgehead atoms. The number of aromatic nitrogens is 6. The average molecular weight is 999 g/mol. The zero-order valence-corrected chi connectivity index (χ0v) is 37.2. The van der Waals surface area contributed by atoms with Crippen molar-refractivity contribution < 1.29 is 26.3 Å². The Morgan fingerprint density at radius 3 is 1.14 bits per heavy atom. The van der Waals surface area contributed by atoms with E-state index in [0.29, 0.717) is 49.5 Å². The Hall–Kier alpha value is -8.09. The summed E-state index contributed by atoms with van der Waals surface area (Å²) >= 11 is 3.28. The fraction of sp³-hybridized carbons (Fsp3) is 0.0926. The molecule has 3 aromatic heterocycles. The maximum absolute atomic E-state index is 14.3. The van der Waals surface area contributed by atoms with Crippen molar-refractivity contribution in [1.82, 2.24) is 30.6 Å². The molecule has 348 valence electrons. The molecule has 0 aliphatic carbocycles. The summed E-state index contributed by atoms with van der Waals surface area (Å²) in [6, 6.07) is 38.3. The summed E-state index contributed by atoms with van der Waals surface area (Å²) in [5, 5.41) is 22.0. The molecule has 6 aromatic carbocycles. The molecule has 0 aliphatic rings. The van der Waals surface area contributed by atoms with E-state index in [1.165, 1.54) is 30.3 Å². The van der Waals surface area contributed by atoms with Gasteiger partial charge in [-0.15, -0.1) is 5.10 Å². The zero-order valence-electron chi connectivity index (χ0n) is 35.6. The molecule has 9 rings (SSSR count). The van der Waals surface area contributed by atoms with Crippen molar-refractivity contribution in [2.45, 2.75) is 35.6 Å². The van der Waals surface area contributed by atoms with Crippen molar-refractivity contribution in [2.75, 3.05) is 0 Å². The van der Waals surface area contributed by atoms with E-state index in [4.69, 9.17) is 6.57 Å². The van der Waals surface area contributed by atoms with Crippen molar-refractivity contribution in [2.24, 2.45) is 0 Å². The lowest BCUT2D eigenvalue weighted by Gasteiger charge is -2.14. The molecule has 0 fully saturated rings. The Kier molecular flexibility index (Phi) is 17.4. The summed E-state index contributed by atoms with van der Waals surface area (Å²) in [4.78, 5) is 15.5. The van der Waals surface area contributed by atoms with Crippen LogP contribution in [0.15, 0.2) is 155 Å². The number of benzene rings is 6. The Morgan fingerprint density at radius 1 is 0.420 bits per heavy atom. The number of nitrogens with one attached hydrogen (secondary N) is 1. The maximum atomic E-state index is 14.3. The number of aromatic amines is 1. The molecule has 0 saturated heterocycles. The molecule has 0 aliphatic heterocycles. The molecule has 69 heavy (non-hydrogen) atoms. The second kappa shape index (κ2) is 23.1. The molecular weight excluding hydrogens is 957 g/mol. The lowest BCUT2D eigenvalue weighted by atomic mass is 9.93. The highest BCUT2D eigenvalue weighted by atomic mass is 79.9. The Balaban J connectivity index is 0.000000190. The van der Waals surface area contributed by atoms with Crippen molar-refractivity contribution in [1.29, 1.82) is 0 Å². The van der Waals surface area contributed by atoms with Gasteiger partial charge in [-0.25, -0.2) is 31.4 Å². The van der Waals surface area contributed by atoms with Crippen LogP contribution in [0.2, 0.25) is 0 Å². The first-order valence-electron chi connectivity index (χ1n) is 20.2. The van der Waals surface area contributed by atoms with Crippen molar-refractivity contribution >= 4 is 21.7 Å². The number of halogens is 7. The fourth-order valence-electron chi connectivity index (χ4n) is 7.42. The van der Waals surface area contributed by atoms with E-state index in [0.717, 1.165) is 35.4 Å². The van der Waals surface area contributed by atoms with Gasteiger partial charge in [0.15, 0.2) is 0 Å². The molecule has 0 radical (unpaired) electrons. The molecule has 0 saturated carbocycles. The summed E-state index contributed by atoms with van der Waals surface area (Å²) in [6.45, 7) is 12.4. The minimum Gasteiger partial charge on any atom is -0.358 e. The normalized spacial score (nSPS) is 10.3. The summed E-state index contributed by atoms with van der Waals surface area (Å²) in [5.74, 6) is -4.44. The van der Waals surface area contributed by atoms with Crippen molar-refractivity contribution in [3.8, 4) is 66.8 Å². The van der Waals surface area contributed by atoms with Crippen LogP contribution in [0, 0.1) is 62.2 Å². The van der Waals surface area contributed by atoms with Crippen LogP contribution in [0.25, 0.3) is 71.6 Å². The topological polar surface area (TPSA) is 102 Å². The van der Waals surface area contributed by atoms with Crippen molar-refractivity contribution in [3.63, 3.8) is 0 Å². The molecular formula is C54H42BrF6N7O. The van der Waals surface area contributed by atoms with E-state index in [-0.39, 0.29) is 48.5 Å². The predicted molar refractivity (Wildman–Crippen MR) is 263 cm³/mol. The number of aryl methyl sites for hydroxylation is 3. The van der Waals surface area contributed by atoms with E-state index in [1.54, 1.807) is 57.2 Å². The lowest BCUT2D eigenvalue weighted by molar-refractivity contribution is 0.588. The number of H-pyrrole nitrogens is 1. The third kappa shape index (κ3) is 11.0. The number of hydrogen-bond acceptors (Lipinski definition) is 6. The molecule has 0 amide bonds. The second-order valence-corrected chi connectivity index (χ2v) is 15.3. The first-order valence-corrected chi connectivity index (χ1v) is 21.0. The molecule has 8 nitrogen and oxygen atoms in total. The quantitative estimate of drug-likeness (QED) is 0.132. The second-order valence-electron chi connectivity index (χ2n) is 14.6. The van der Waals surface area contributed by atoms with Gasteiger partial charge in [0.05, 0.1) is 33.8 Å². The highest BCUT2D eigenvalue weighted by molar-refractivity contribution is 9.10. The third-order valence-corrected chi connectivity index (χ3v) is 10.9. The number of rotatable bonds is 6. The van der Waals surface area contributed by atoms with Gasteiger partial charge in [-0.05, 0) is 94.9 Å². The van der Waals surface area contributed by atoms with Gasteiger partial charge >= 0.3 is 5.82 Å². The van der Waals surface area contributed by atoms with E-state index < -0.39 is 40.5 Å². The van der Waals surface area contributed by atoms with Gasteiger partial charge < -0.3 is 4.85 Å². The molecule has 0 spiro atoms. The largest absolute Gasteiger partial charge is 0.358 e. The smallest absolute Gasteiger partial charge is 0.304 e. The minimum atomic E-state index is -0.784. The van der Waals surface area contributed by atoms with E-state index in [9.17, 15) is 31.1 Å². The highest BCUT2D eigenvalue weighted by Crippen LogP contribution is 2.42. The number of hydrogen-bond donors (Lipinski definition) is 1. The molecule has 0 unspecified atom stereocenters. The van der Waals surface area contributed by atoms with Crippen LogP contribution in [-0.4, -0.2) is 30.6 Å². The van der Waals surface area contributed by atoms with Gasteiger partial charge in [0.25, 0.3) is 5.56 Å². The van der Waals surface area contributed by atoms with Crippen LogP contribution in [0.1, 0.15) is 31.9 Å². The lowest BCUT2D eigenvalue weighted by Crippen LogP contribution is -2.15. The molecule has 3 heterocycles. The molecule has 15 heteroatoms. The van der Waals surface area contributed by atoms with E-state index >= 15 is 0 Å². The fourth-order valence-corrected chi connectivity index (χ4v) is 7.90. The van der Waals surface area contributed by atoms with Crippen LogP contribution in [0.3, 0.4) is 0 Å². The van der Waals surface area contributed by atoms with E-state index in [1.807, 2.05) is 54.6 Å². The summed E-state index contributed by atoms with van der Waals surface area (Å²) < 4.78 is 85.6. The Morgan fingerprint density at radius 2 is 0.754 bits per heavy atom. The third-order valence-electron chi connectivity index (χ3n) is 10.3. The van der Waals surface area contributed by atoms with Crippen LogP contribution in [-0.2, 0) is 0 Å². The molecule has 9 aromatic rings. The maximum Gasteiger partial charge on any atom is 0.304 e. The van der Waals surface area contributed by atoms with Crippen LogP contribution in [0.5, 0.6) is 0 Å². The van der Waals surface area contributed by atoms with Crippen LogP contribution in [0.4, 0.5) is 32.2 Å². The highest BCUT2D eigenvalue weighted by Gasteiger charge is 2.25. The van der Waals surface area contributed by atoms with Gasteiger partial charge in [-0.3, -0.25) is 4.79 Å². The SMILES string of the molecule is C.C.Cc1n[nH]c(=O)c(-c2c(F)cccc2F)c1-c1ccccc1.Cc1nnc(Br)c(-c2c(F)cccc2F)c1-c1ccccc1.[C-]#[N+]c1nnc(C)c(-c2ccccc2)c1-c1c(F)cccc1F. The predicted octanol–water partition coefficient (Wildman–Crippen LogP) is 15.1. The minimum absolute atomic E-state index is 0. The summed E-state index contributed by atoms with van der Waals surface area (Å²) in [6.07, 6.45) is 0. The van der Waals surface area contributed by atoms with Crippen LogP contribution >= 0.6 is 15.9 Å². The molecule has 1 N–H and O–H groups in total. The first-order chi connectivity index (χ1) is 32.3. The standard InChI is InChI=1S/C18H11F2N3.C17H11BrF2N2.C17H12F2N2O.2CH4/c1-11-15(12-7-4-3-5-8-12)17(18(21-2)23-22-11)16-13(19)9-6-10-14(16)20;1-10-14(11-6-3-2-4-7-11)16(17(18)22-21-10)15-12(19)8-5-9-13(15)20;1-10-14(11-6-3-2-4-7-11)16(17(22)21-20-10)15-12(18)8-5-9-13(15)19;;/h3-10H,1H3;2-9H,1H3;2-9H,1H3,(H,21,22);2*1H4. The van der Waals surface area contributed by atoms with Crippen LogP contribution < -0.4 is 5.56 Å². The monoisotopic (exact) mass is 997 g/mol. The van der Waals surface area contributed by atoms with Gasteiger partial charge in [-0.2, -0.15) is 10.2 Å². The van der Waals surface area contributed by atoms with Gasteiger partial charge in [-0.1, -0.05) is 136 Å². The van der Waals surface area contributed by atoms with Crippen molar-refractivity contribution in [3.05, 3.63) is 224 Å². The summed E-state index contributed by atoms with van der Waals surface area (Å²) in [7, 11) is 0.